The molecule has 7 heteroatoms. The molecular weight excluding hydrogens is 499 g/mol. The minimum Gasteiger partial charge on any atom is -0.331 e. The molecule has 0 aliphatic heterocycles. The molecule has 0 N–H and O–H groups in total. The van der Waals surface area contributed by atoms with Crippen LogP contribution in [0.5, 0.6) is 0 Å². The van der Waals surface area contributed by atoms with Gasteiger partial charge in [-0.05, 0) is 47.4 Å². The maximum atomic E-state index is 13.7. The third kappa shape index (κ3) is 7.98. The van der Waals surface area contributed by atoms with Crippen molar-refractivity contribution >= 4 is 46.8 Å². The summed E-state index contributed by atoms with van der Waals surface area (Å²) in [5.74, 6) is -2.16. The Kier molecular flexibility index (Phi) is 9.70. The molecule has 176 valence electrons. The Morgan fingerprint density at radius 2 is 1.88 bits per heavy atom. The van der Waals surface area contributed by atoms with Gasteiger partial charge in [0.25, 0.3) is 0 Å². The third-order valence-electron chi connectivity index (χ3n) is 4.97. The minimum atomic E-state index is -0.952. The topological polar surface area (TPSA) is 20.3 Å². The van der Waals surface area contributed by atoms with Crippen molar-refractivity contribution in [2.75, 3.05) is 6.54 Å². The third-order valence-corrected chi connectivity index (χ3v) is 5.86. The standard InChI is InChI=1S/C27H22Cl3F2NO/c28-22-11-7-19(8-12-22)4-3-15-33(18-20-9-14-25(31)26(32)16-20)27(34)6-2-1-5-21-10-13-23(29)17-24(21)30/h1-11,13-14,16-17,22H,12,15,18H2/b4-3+,5-1+,6-2+. The van der Waals surface area contributed by atoms with Gasteiger partial charge < -0.3 is 4.90 Å². The number of alkyl halides is 1. The smallest absolute Gasteiger partial charge is 0.247 e. The highest BCUT2D eigenvalue weighted by molar-refractivity contribution is 6.35. The number of hydrogen-bond acceptors (Lipinski definition) is 1. The van der Waals surface area contributed by atoms with Gasteiger partial charge in [-0.25, -0.2) is 8.78 Å². The summed E-state index contributed by atoms with van der Waals surface area (Å²) in [6.45, 7) is 0.403. The van der Waals surface area contributed by atoms with E-state index in [1.807, 2.05) is 30.4 Å². The zero-order chi connectivity index (χ0) is 24.5. The first kappa shape index (κ1) is 26.0. The van der Waals surface area contributed by atoms with Crippen molar-refractivity contribution in [3.05, 3.63) is 123 Å². The summed E-state index contributed by atoms with van der Waals surface area (Å²) in [6, 6.07) is 8.75. The first-order valence-electron chi connectivity index (χ1n) is 10.5. The maximum Gasteiger partial charge on any atom is 0.247 e. The summed E-state index contributed by atoms with van der Waals surface area (Å²) in [6.07, 6.45) is 16.8. The van der Waals surface area contributed by atoms with E-state index >= 15 is 0 Å². The van der Waals surface area contributed by atoms with E-state index in [0.29, 0.717) is 15.6 Å². The van der Waals surface area contributed by atoms with Crippen molar-refractivity contribution in [3.8, 4) is 0 Å². The maximum absolute atomic E-state index is 13.7. The Bertz CT molecular complexity index is 1180. The molecule has 0 fully saturated rings. The van der Waals surface area contributed by atoms with Gasteiger partial charge >= 0.3 is 0 Å². The predicted octanol–water partition coefficient (Wildman–Crippen LogP) is 7.92. The van der Waals surface area contributed by atoms with E-state index in [9.17, 15) is 13.6 Å². The molecule has 2 aromatic carbocycles. The number of nitrogens with zero attached hydrogens (tertiary/aromatic N) is 1. The molecule has 0 spiro atoms. The van der Waals surface area contributed by atoms with E-state index in [4.69, 9.17) is 34.8 Å². The van der Waals surface area contributed by atoms with Crippen LogP contribution in [0.25, 0.3) is 6.08 Å². The van der Waals surface area contributed by atoms with E-state index < -0.39 is 11.6 Å². The largest absolute Gasteiger partial charge is 0.331 e. The van der Waals surface area contributed by atoms with Crippen molar-refractivity contribution in [2.45, 2.75) is 18.3 Å². The van der Waals surface area contributed by atoms with Crippen LogP contribution in [0.3, 0.4) is 0 Å². The number of benzene rings is 2. The van der Waals surface area contributed by atoms with Crippen LogP contribution in [0.2, 0.25) is 10.0 Å². The van der Waals surface area contributed by atoms with E-state index in [1.165, 1.54) is 17.0 Å². The predicted molar refractivity (Wildman–Crippen MR) is 137 cm³/mol. The van der Waals surface area contributed by atoms with Crippen LogP contribution in [0.4, 0.5) is 8.78 Å². The molecule has 0 heterocycles. The van der Waals surface area contributed by atoms with Crippen molar-refractivity contribution in [2.24, 2.45) is 0 Å². The summed E-state index contributed by atoms with van der Waals surface area (Å²) >= 11 is 18.1. The van der Waals surface area contributed by atoms with Gasteiger partial charge in [0.2, 0.25) is 5.91 Å². The quantitative estimate of drug-likeness (QED) is 0.197. The summed E-state index contributed by atoms with van der Waals surface area (Å²) in [4.78, 5) is 14.4. The second-order valence-corrected chi connectivity index (χ2v) is 8.97. The average Bonchev–Trinajstić information content (AvgIpc) is 2.80. The normalized spacial score (nSPS) is 16.0. The molecule has 1 aliphatic carbocycles. The number of carbonyl (C=O) groups excluding carboxylic acids is 1. The van der Waals surface area contributed by atoms with Crippen molar-refractivity contribution in [1.82, 2.24) is 4.90 Å². The zero-order valence-corrected chi connectivity index (χ0v) is 20.4. The molecule has 0 saturated heterocycles. The molecule has 1 atom stereocenters. The molecule has 3 rings (SSSR count). The van der Waals surface area contributed by atoms with E-state index in [2.05, 4.69) is 0 Å². The first-order valence-corrected chi connectivity index (χ1v) is 11.7. The van der Waals surface area contributed by atoms with Gasteiger partial charge in [0.05, 0.1) is 5.38 Å². The first-order chi connectivity index (χ1) is 16.3. The fraction of sp³-hybridized carbons (Fsp3) is 0.148. The summed E-state index contributed by atoms with van der Waals surface area (Å²) < 4.78 is 27.0. The van der Waals surface area contributed by atoms with E-state index in [-0.39, 0.29) is 24.4 Å². The number of allylic oxidation sites excluding steroid dienone is 7. The molecule has 2 aromatic rings. The lowest BCUT2D eigenvalue weighted by atomic mass is 10.1. The molecule has 1 amide bonds. The molecule has 1 unspecified atom stereocenters. The van der Waals surface area contributed by atoms with Gasteiger partial charge in [0.1, 0.15) is 0 Å². The Labute approximate surface area is 213 Å². The zero-order valence-electron chi connectivity index (χ0n) is 18.1. The van der Waals surface area contributed by atoms with Crippen LogP contribution < -0.4 is 0 Å². The Balaban J connectivity index is 1.70. The van der Waals surface area contributed by atoms with Crippen LogP contribution in [-0.2, 0) is 11.3 Å². The van der Waals surface area contributed by atoms with Crippen LogP contribution >= 0.6 is 34.8 Å². The Morgan fingerprint density at radius 3 is 2.59 bits per heavy atom. The highest BCUT2D eigenvalue weighted by atomic mass is 35.5. The second kappa shape index (κ2) is 12.7. The van der Waals surface area contributed by atoms with Crippen LogP contribution in [0.1, 0.15) is 17.5 Å². The van der Waals surface area contributed by atoms with Gasteiger partial charge in [0, 0.05) is 29.2 Å². The average molecular weight is 521 g/mol. The fourth-order valence-electron chi connectivity index (χ4n) is 3.18. The lowest BCUT2D eigenvalue weighted by Crippen LogP contribution is -2.29. The lowest BCUT2D eigenvalue weighted by Gasteiger charge is -2.20. The van der Waals surface area contributed by atoms with Gasteiger partial charge in [-0.1, -0.05) is 83.9 Å². The second-order valence-electron chi connectivity index (χ2n) is 7.57. The number of amides is 1. The Morgan fingerprint density at radius 1 is 1.06 bits per heavy atom. The molecular formula is C27H22Cl3F2NO. The summed E-state index contributed by atoms with van der Waals surface area (Å²) in [7, 11) is 0. The molecule has 1 aliphatic rings. The van der Waals surface area contributed by atoms with Gasteiger partial charge in [0.15, 0.2) is 11.6 Å². The highest BCUT2D eigenvalue weighted by Crippen LogP contribution is 2.22. The monoisotopic (exact) mass is 519 g/mol. The van der Waals surface area contributed by atoms with Crippen molar-refractivity contribution in [1.29, 1.82) is 0 Å². The van der Waals surface area contributed by atoms with Crippen LogP contribution in [0, 0.1) is 11.6 Å². The molecule has 0 bridgehead atoms. The Hall–Kier alpha value is -2.66. The van der Waals surface area contributed by atoms with Crippen LogP contribution in [-0.4, -0.2) is 22.7 Å². The van der Waals surface area contributed by atoms with E-state index in [1.54, 1.807) is 36.4 Å². The van der Waals surface area contributed by atoms with Gasteiger partial charge in [-0.3, -0.25) is 4.79 Å². The number of hydrogen-bond donors (Lipinski definition) is 0. The van der Waals surface area contributed by atoms with Crippen LogP contribution in [0.15, 0.2) is 90.6 Å². The number of halogens is 5. The molecule has 2 nitrogen and oxygen atoms in total. The summed E-state index contributed by atoms with van der Waals surface area (Å²) in [5, 5.41) is 1.03. The molecule has 0 saturated carbocycles. The van der Waals surface area contributed by atoms with Crippen molar-refractivity contribution in [3.63, 3.8) is 0 Å². The SMILES string of the molecule is O=C(/C=C/C=C/c1ccc(Cl)cc1Cl)N(C/C=C/C1=CCC(Cl)C=C1)Cc1ccc(F)c(F)c1. The van der Waals surface area contributed by atoms with Crippen molar-refractivity contribution < 1.29 is 13.6 Å². The molecule has 0 radical (unpaired) electrons. The minimum absolute atomic E-state index is 0.00968. The molecule has 34 heavy (non-hydrogen) atoms. The van der Waals surface area contributed by atoms with Gasteiger partial charge in [-0.2, -0.15) is 0 Å². The number of rotatable bonds is 8. The molecule has 0 aromatic heterocycles. The van der Waals surface area contributed by atoms with Gasteiger partial charge in [-0.15, -0.1) is 11.6 Å². The highest BCUT2D eigenvalue weighted by Gasteiger charge is 2.12. The summed E-state index contributed by atoms with van der Waals surface area (Å²) in [5.41, 5.74) is 2.24. The fourth-order valence-corrected chi connectivity index (χ4v) is 3.81. The van der Waals surface area contributed by atoms with E-state index in [0.717, 1.165) is 29.7 Å². The number of carbonyl (C=O) groups is 1. The lowest BCUT2D eigenvalue weighted by molar-refractivity contribution is -0.126.